The van der Waals surface area contributed by atoms with Gasteiger partial charge in [-0.25, -0.2) is 19.7 Å². The van der Waals surface area contributed by atoms with Crippen LogP contribution in [0.2, 0.25) is 0 Å². The summed E-state index contributed by atoms with van der Waals surface area (Å²) in [7, 11) is 0. The van der Waals surface area contributed by atoms with Gasteiger partial charge >= 0.3 is 6.09 Å². The molecule has 5 aromatic rings. The number of likely N-dealkylation sites (tertiary alicyclic amines) is 2. The lowest BCUT2D eigenvalue weighted by atomic mass is 9.90. The number of nitrogens with zero attached hydrogens (tertiary/aromatic N) is 6. The van der Waals surface area contributed by atoms with Crippen molar-refractivity contribution >= 4 is 34.8 Å². The zero-order chi connectivity index (χ0) is 39.7. The summed E-state index contributed by atoms with van der Waals surface area (Å²) in [5, 5.41) is 2.77. The molecule has 3 unspecified atom stereocenters. The molecule has 2 aliphatic heterocycles. The van der Waals surface area contributed by atoms with Gasteiger partial charge in [0, 0.05) is 37.1 Å². The predicted molar refractivity (Wildman–Crippen MR) is 209 cm³/mol. The number of hydrogen-bond donors (Lipinski definition) is 4. The van der Waals surface area contributed by atoms with E-state index in [1.807, 2.05) is 68.1 Å². The van der Waals surface area contributed by atoms with Crippen LogP contribution < -0.4 is 11.1 Å². The first-order valence-corrected chi connectivity index (χ1v) is 19.2. The first-order valence-electron chi connectivity index (χ1n) is 19.2. The van der Waals surface area contributed by atoms with Crippen LogP contribution in [0.5, 0.6) is 0 Å². The van der Waals surface area contributed by atoms with Crippen LogP contribution in [0.1, 0.15) is 90.5 Å². The van der Waals surface area contributed by atoms with Crippen LogP contribution in [0.25, 0.3) is 44.8 Å². The molecule has 3 aromatic heterocycles. The zero-order valence-corrected chi connectivity index (χ0v) is 32.3. The monoisotopic (exact) mass is 760 g/mol. The number of amides is 4. The first kappa shape index (κ1) is 38.2. The van der Waals surface area contributed by atoms with E-state index in [1.54, 1.807) is 30.4 Å². The fourth-order valence-electron chi connectivity index (χ4n) is 7.74. The second-order valence-electron chi connectivity index (χ2n) is 15.1. The minimum atomic E-state index is -1.38. The Morgan fingerprint density at radius 2 is 1.45 bits per heavy atom. The van der Waals surface area contributed by atoms with Crippen LogP contribution in [0.3, 0.4) is 0 Å². The minimum absolute atomic E-state index is 0.0868. The Bertz CT molecular complexity index is 2270. The van der Waals surface area contributed by atoms with E-state index in [-0.39, 0.29) is 35.7 Å². The largest absolute Gasteiger partial charge is 0.433 e. The summed E-state index contributed by atoms with van der Waals surface area (Å²) in [5.41, 5.74) is 10.5. The molecule has 0 saturated carbocycles. The molecule has 0 bridgehead atoms. The normalized spacial score (nSPS) is 18.6. The minimum Gasteiger partial charge on any atom is -0.433 e. The molecule has 2 fully saturated rings. The number of rotatable bonds is 11. The second kappa shape index (κ2) is 15.6. The van der Waals surface area contributed by atoms with Gasteiger partial charge in [0.05, 0.1) is 58.8 Å². The SMILES string of the molecule is CCC(NC(C)=O)C(=O)N1CCCC1c1ncc(-c2ccc3nc(-c4ccc(-c5cnc(C6CCCN6C(=O)[C@@](C)(OC(N)=O)C(C)C)[nH]5)cc4)cnc3c2)[nH]1. The van der Waals surface area contributed by atoms with Crippen molar-refractivity contribution in [3.05, 3.63) is 72.7 Å². The van der Waals surface area contributed by atoms with E-state index in [4.69, 9.17) is 20.4 Å². The number of benzene rings is 2. The van der Waals surface area contributed by atoms with Crippen molar-refractivity contribution in [2.75, 3.05) is 13.1 Å². The molecule has 2 aromatic carbocycles. The third kappa shape index (κ3) is 7.45. The van der Waals surface area contributed by atoms with Crippen LogP contribution in [0.15, 0.2) is 61.1 Å². The molecular formula is C41H48N10O5. The van der Waals surface area contributed by atoms with Crippen LogP contribution in [0, 0.1) is 5.92 Å². The van der Waals surface area contributed by atoms with Gasteiger partial charge in [0.2, 0.25) is 11.8 Å². The summed E-state index contributed by atoms with van der Waals surface area (Å²) >= 11 is 0. The van der Waals surface area contributed by atoms with Gasteiger partial charge < -0.3 is 35.6 Å². The average Bonchev–Trinajstić information content (AvgIpc) is 4.02. The molecule has 15 heteroatoms. The Kier molecular flexibility index (Phi) is 10.6. The maximum atomic E-state index is 13.7. The molecule has 15 nitrogen and oxygen atoms in total. The lowest BCUT2D eigenvalue weighted by molar-refractivity contribution is -0.155. The lowest BCUT2D eigenvalue weighted by Gasteiger charge is -2.36. The number of aromatic amines is 2. The first-order chi connectivity index (χ1) is 26.9. The van der Waals surface area contributed by atoms with Gasteiger partial charge in [-0.1, -0.05) is 51.1 Å². The van der Waals surface area contributed by atoms with Crippen molar-refractivity contribution in [3.63, 3.8) is 0 Å². The van der Waals surface area contributed by atoms with Crippen molar-refractivity contribution in [2.45, 2.75) is 90.4 Å². The van der Waals surface area contributed by atoms with Crippen molar-refractivity contribution in [1.29, 1.82) is 0 Å². The van der Waals surface area contributed by atoms with Crippen LogP contribution in [-0.2, 0) is 19.1 Å². The van der Waals surface area contributed by atoms with E-state index in [2.05, 4.69) is 25.3 Å². The molecule has 0 aliphatic carbocycles. The van der Waals surface area contributed by atoms with Crippen molar-refractivity contribution in [1.82, 2.24) is 45.0 Å². The summed E-state index contributed by atoms with van der Waals surface area (Å²) in [6.07, 6.45) is 8.03. The molecule has 2 aliphatic rings. The van der Waals surface area contributed by atoms with E-state index in [0.29, 0.717) is 25.3 Å². The third-order valence-electron chi connectivity index (χ3n) is 11.1. The van der Waals surface area contributed by atoms with Crippen LogP contribution in [0.4, 0.5) is 4.79 Å². The second-order valence-corrected chi connectivity index (χ2v) is 15.1. The number of nitrogens with two attached hydrogens (primary N) is 1. The number of ether oxygens (including phenoxy) is 1. The summed E-state index contributed by atoms with van der Waals surface area (Å²) in [6.45, 7) is 9.74. The summed E-state index contributed by atoms with van der Waals surface area (Å²) in [5.74, 6) is 0.521. The Morgan fingerprint density at radius 1 is 0.857 bits per heavy atom. The van der Waals surface area contributed by atoms with Crippen molar-refractivity contribution in [3.8, 4) is 33.8 Å². The highest BCUT2D eigenvalue weighted by Crippen LogP contribution is 2.37. The Hall–Kier alpha value is -6.12. The summed E-state index contributed by atoms with van der Waals surface area (Å²) in [6, 6.07) is 12.8. The van der Waals surface area contributed by atoms with E-state index >= 15 is 0 Å². The average molecular weight is 761 g/mol. The van der Waals surface area contributed by atoms with Gasteiger partial charge in [-0.15, -0.1) is 0 Å². The highest BCUT2D eigenvalue weighted by atomic mass is 16.6. The van der Waals surface area contributed by atoms with E-state index in [0.717, 1.165) is 76.3 Å². The number of fused-ring (bicyclic) bond motifs is 1. The van der Waals surface area contributed by atoms with E-state index in [1.165, 1.54) is 6.92 Å². The number of H-pyrrole nitrogens is 2. The smallest absolute Gasteiger partial charge is 0.405 e. The van der Waals surface area contributed by atoms with E-state index < -0.39 is 17.7 Å². The Balaban J connectivity index is 1.04. The molecule has 292 valence electrons. The van der Waals surface area contributed by atoms with Gasteiger partial charge in [-0.3, -0.25) is 19.4 Å². The van der Waals surface area contributed by atoms with Crippen LogP contribution >= 0.6 is 0 Å². The maximum Gasteiger partial charge on any atom is 0.405 e. The van der Waals surface area contributed by atoms with Gasteiger partial charge in [-0.2, -0.15) is 0 Å². The molecule has 4 amide bonds. The number of carbonyl (C=O) groups excluding carboxylic acids is 4. The maximum absolute atomic E-state index is 13.7. The number of primary amides is 1. The highest BCUT2D eigenvalue weighted by Gasteiger charge is 2.47. The van der Waals surface area contributed by atoms with Gasteiger partial charge in [0.25, 0.3) is 5.91 Å². The number of nitrogens with one attached hydrogen (secondary N) is 3. The van der Waals surface area contributed by atoms with E-state index in [9.17, 15) is 19.2 Å². The molecule has 5 heterocycles. The van der Waals surface area contributed by atoms with Gasteiger partial charge in [-0.05, 0) is 56.7 Å². The van der Waals surface area contributed by atoms with Gasteiger partial charge in [0.1, 0.15) is 17.7 Å². The molecule has 56 heavy (non-hydrogen) atoms. The Labute approximate surface area is 324 Å². The predicted octanol–water partition coefficient (Wildman–Crippen LogP) is 5.83. The molecular weight excluding hydrogens is 713 g/mol. The number of imidazole rings is 2. The quantitative estimate of drug-likeness (QED) is 0.128. The number of carbonyl (C=O) groups is 4. The Morgan fingerprint density at radius 3 is 2.05 bits per heavy atom. The summed E-state index contributed by atoms with van der Waals surface area (Å²) in [4.78, 5) is 79.6. The topological polar surface area (TPSA) is 205 Å². The standard InChI is InChI=1S/C41H48N10O5/c1-6-28(46-24(4)52)38(53)50-17-7-9-34(50)36-45-22-33(49-36)27-15-16-29-30(19-27)43-20-31(47-29)25-11-13-26(14-12-25)32-21-44-37(48-32)35-10-8-18-51(35)39(54)41(5,23(2)3)56-40(42)55/h11-16,19-23,28,34-35H,6-10,17-18H2,1-5H3,(H2,42,55)(H,44,48)(H,45,49)(H,46,52)/t28?,34?,35?,41-/m0/s1. The summed E-state index contributed by atoms with van der Waals surface area (Å²) < 4.78 is 5.35. The molecule has 5 N–H and O–H groups in total. The van der Waals surface area contributed by atoms with Crippen molar-refractivity contribution in [2.24, 2.45) is 11.7 Å². The van der Waals surface area contributed by atoms with Crippen molar-refractivity contribution < 1.29 is 23.9 Å². The van der Waals surface area contributed by atoms with Crippen LogP contribution in [-0.4, -0.2) is 88.3 Å². The lowest BCUT2D eigenvalue weighted by Crippen LogP contribution is -2.53. The molecule has 7 rings (SSSR count). The number of aromatic nitrogens is 6. The fraction of sp³-hybridized carbons (Fsp3) is 0.415. The molecule has 4 atom stereocenters. The van der Waals surface area contributed by atoms with Gasteiger partial charge in [0.15, 0.2) is 5.60 Å². The fourth-order valence-corrected chi connectivity index (χ4v) is 7.74. The molecule has 2 saturated heterocycles. The molecule has 0 radical (unpaired) electrons. The highest BCUT2D eigenvalue weighted by molar-refractivity contribution is 5.88. The number of hydrogen-bond acceptors (Lipinski definition) is 9. The zero-order valence-electron chi connectivity index (χ0n) is 32.3. The molecule has 0 spiro atoms. The third-order valence-corrected chi connectivity index (χ3v) is 11.1.